The molecule has 2 aromatic rings. The number of halogens is 1. The SMILES string of the molecule is O=C(c1ccc(F)cc1)N1CCN(CCn2ccnc2)CC1. The molecule has 116 valence electrons. The van der Waals surface area contributed by atoms with Gasteiger partial charge in [0, 0.05) is 57.2 Å². The third-order valence-corrected chi connectivity index (χ3v) is 3.98. The number of benzene rings is 1. The molecule has 22 heavy (non-hydrogen) atoms. The van der Waals surface area contributed by atoms with E-state index in [1.807, 2.05) is 17.4 Å². The molecule has 0 aliphatic carbocycles. The highest BCUT2D eigenvalue weighted by Crippen LogP contribution is 2.10. The molecule has 0 bridgehead atoms. The minimum Gasteiger partial charge on any atom is -0.336 e. The molecule has 1 amide bonds. The van der Waals surface area contributed by atoms with E-state index in [-0.39, 0.29) is 11.7 Å². The quantitative estimate of drug-likeness (QED) is 0.859. The molecule has 1 aromatic carbocycles. The van der Waals surface area contributed by atoms with Crippen molar-refractivity contribution < 1.29 is 9.18 Å². The topological polar surface area (TPSA) is 41.4 Å². The van der Waals surface area contributed by atoms with Crippen LogP contribution in [0.2, 0.25) is 0 Å². The highest BCUT2D eigenvalue weighted by molar-refractivity contribution is 5.94. The molecule has 1 aliphatic rings. The standard InChI is InChI=1S/C16H19FN4O/c17-15-3-1-14(2-4-15)16(22)21-11-9-19(10-12-21)7-8-20-6-5-18-13-20/h1-6,13H,7-12H2. The first-order valence-corrected chi connectivity index (χ1v) is 7.45. The average molecular weight is 302 g/mol. The molecule has 0 N–H and O–H groups in total. The summed E-state index contributed by atoms with van der Waals surface area (Å²) < 4.78 is 15.0. The van der Waals surface area contributed by atoms with E-state index in [1.165, 1.54) is 12.1 Å². The van der Waals surface area contributed by atoms with Crippen LogP contribution in [0, 0.1) is 5.82 Å². The number of rotatable bonds is 4. The molecule has 1 fully saturated rings. The Balaban J connectivity index is 1.48. The van der Waals surface area contributed by atoms with Crippen LogP contribution in [-0.2, 0) is 6.54 Å². The number of carbonyl (C=O) groups is 1. The Bertz CT molecular complexity index is 604. The van der Waals surface area contributed by atoms with Crippen molar-refractivity contribution in [2.24, 2.45) is 0 Å². The van der Waals surface area contributed by atoms with Gasteiger partial charge in [0.1, 0.15) is 5.82 Å². The Labute approximate surface area is 129 Å². The van der Waals surface area contributed by atoms with Gasteiger partial charge in [-0.1, -0.05) is 0 Å². The Morgan fingerprint density at radius 2 is 1.82 bits per heavy atom. The highest BCUT2D eigenvalue weighted by atomic mass is 19.1. The second-order valence-electron chi connectivity index (χ2n) is 5.44. The lowest BCUT2D eigenvalue weighted by Crippen LogP contribution is -2.49. The van der Waals surface area contributed by atoms with Gasteiger partial charge in [-0.15, -0.1) is 0 Å². The fourth-order valence-corrected chi connectivity index (χ4v) is 2.63. The molecule has 1 aliphatic heterocycles. The number of aromatic nitrogens is 2. The van der Waals surface area contributed by atoms with E-state index in [0.29, 0.717) is 18.7 Å². The van der Waals surface area contributed by atoms with Gasteiger partial charge in [-0.3, -0.25) is 9.69 Å². The van der Waals surface area contributed by atoms with E-state index in [1.54, 1.807) is 18.3 Å². The van der Waals surface area contributed by atoms with Crippen molar-refractivity contribution in [2.75, 3.05) is 32.7 Å². The van der Waals surface area contributed by atoms with E-state index < -0.39 is 0 Å². The summed E-state index contributed by atoms with van der Waals surface area (Å²) in [6.45, 7) is 5.00. The van der Waals surface area contributed by atoms with Gasteiger partial charge in [0.05, 0.1) is 6.33 Å². The first kappa shape index (κ1) is 14.7. The van der Waals surface area contributed by atoms with Gasteiger partial charge in [0.25, 0.3) is 5.91 Å². The number of amides is 1. The van der Waals surface area contributed by atoms with Gasteiger partial charge in [-0.2, -0.15) is 0 Å². The molecule has 3 rings (SSSR count). The van der Waals surface area contributed by atoms with Gasteiger partial charge in [0.2, 0.25) is 0 Å². The second-order valence-corrected chi connectivity index (χ2v) is 5.44. The van der Waals surface area contributed by atoms with Gasteiger partial charge in [-0.25, -0.2) is 9.37 Å². The maximum absolute atomic E-state index is 12.9. The van der Waals surface area contributed by atoms with Crippen LogP contribution in [0.3, 0.4) is 0 Å². The van der Waals surface area contributed by atoms with Gasteiger partial charge in [0.15, 0.2) is 0 Å². The number of imidazole rings is 1. The van der Waals surface area contributed by atoms with Crippen molar-refractivity contribution in [3.8, 4) is 0 Å². The summed E-state index contributed by atoms with van der Waals surface area (Å²) in [5, 5.41) is 0. The summed E-state index contributed by atoms with van der Waals surface area (Å²) in [5.41, 5.74) is 0.549. The van der Waals surface area contributed by atoms with Crippen molar-refractivity contribution in [1.29, 1.82) is 0 Å². The summed E-state index contributed by atoms with van der Waals surface area (Å²) in [6.07, 6.45) is 5.54. The van der Waals surface area contributed by atoms with Gasteiger partial charge < -0.3 is 9.47 Å². The predicted octanol–water partition coefficient (Wildman–Crippen LogP) is 1.48. The molecule has 0 spiro atoms. The fourth-order valence-electron chi connectivity index (χ4n) is 2.63. The first-order chi connectivity index (χ1) is 10.7. The normalized spacial score (nSPS) is 16.0. The Kier molecular flexibility index (Phi) is 4.48. The Morgan fingerprint density at radius 3 is 2.45 bits per heavy atom. The van der Waals surface area contributed by atoms with Crippen molar-refractivity contribution in [2.45, 2.75) is 6.54 Å². The minimum atomic E-state index is -0.319. The van der Waals surface area contributed by atoms with E-state index in [4.69, 9.17) is 0 Å². The van der Waals surface area contributed by atoms with E-state index in [9.17, 15) is 9.18 Å². The third-order valence-electron chi connectivity index (χ3n) is 3.98. The molecule has 0 radical (unpaired) electrons. The minimum absolute atomic E-state index is 0.0192. The molecule has 5 nitrogen and oxygen atoms in total. The van der Waals surface area contributed by atoms with Crippen LogP contribution in [0.4, 0.5) is 4.39 Å². The number of nitrogens with zero attached hydrogens (tertiary/aromatic N) is 4. The maximum Gasteiger partial charge on any atom is 0.253 e. The zero-order valence-electron chi connectivity index (χ0n) is 12.4. The van der Waals surface area contributed by atoms with Crippen LogP contribution < -0.4 is 0 Å². The maximum atomic E-state index is 12.9. The number of piperazine rings is 1. The number of hydrogen-bond acceptors (Lipinski definition) is 3. The largest absolute Gasteiger partial charge is 0.336 e. The lowest BCUT2D eigenvalue weighted by Gasteiger charge is -2.34. The van der Waals surface area contributed by atoms with Crippen LogP contribution in [0.5, 0.6) is 0 Å². The van der Waals surface area contributed by atoms with E-state index in [2.05, 4.69) is 14.5 Å². The number of hydrogen-bond donors (Lipinski definition) is 0. The van der Waals surface area contributed by atoms with Crippen LogP contribution in [-0.4, -0.2) is 58.0 Å². The van der Waals surface area contributed by atoms with Crippen LogP contribution >= 0.6 is 0 Å². The summed E-state index contributed by atoms with van der Waals surface area (Å²) >= 11 is 0. The van der Waals surface area contributed by atoms with Crippen molar-refractivity contribution in [3.05, 3.63) is 54.4 Å². The summed E-state index contributed by atoms with van der Waals surface area (Å²) in [7, 11) is 0. The van der Waals surface area contributed by atoms with Gasteiger partial charge in [-0.05, 0) is 24.3 Å². The van der Waals surface area contributed by atoms with Crippen LogP contribution in [0.1, 0.15) is 10.4 Å². The molecule has 0 saturated carbocycles. The molecular formula is C16H19FN4O. The molecule has 2 heterocycles. The number of carbonyl (C=O) groups excluding carboxylic acids is 1. The third kappa shape index (κ3) is 3.51. The monoisotopic (exact) mass is 302 g/mol. The predicted molar refractivity (Wildman–Crippen MR) is 81.0 cm³/mol. The Hall–Kier alpha value is -2.21. The molecule has 1 aromatic heterocycles. The summed E-state index contributed by atoms with van der Waals surface area (Å²) in [6, 6.07) is 5.75. The lowest BCUT2D eigenvalue weighted by molar-refractivity contribution is 0.0633. The molecular weight excluding hydrogens is 283 g/mol. The molecule has 0 unspecified atom stereocenters. The van der Waals surface area contributed by atoms with Crippen molar-refractivity contribution >= 4 is 5.91 Å². The Morgan fingerprint density at radius 1 is 1.09 bits per heavy atom. The first-order valence-electron chi connectivity index (χ1n) is 7.45. The summed E-state index contributed by atoms with van der Waals surface area (Å²) in [4.78, 5) is 20.5. The highest BCUT2D eigenvalue weighted by Gasteiger charge is 2.21. The van der Waals surface area contributed by atoms with Gasteiger partial charge >= 0.3 is 0 Å². The van der Waals surface area contributed by atoms with Crippen molar-refractivity contribution in [1.82, 2.24) is 19.4 Å². The van der Waals surface area contributed by atoms with Crippen LogP contribution in [0.15, 0.2) is 43.0 Å². The molecule has 1 saturated heterocycles. The fraction of sp³-hybridized carbons (Fsp3) is 0.375. The van der Waals surface area contributed by atoms with Crippen molar-refractivity contribution in [3.63, 3.8) is 0 Å². The smallest absolute Gasteiger partial charge is 0.253 e. The second kappa shape index (κ2) is 6.70. The zero-order chi connectivity index (χ0) is 15.4. The van der Waals surface area contributed by atoms with E-state index >= 15 is 0 Å². The van der Waals surface area contributed by atoms with E-state index in [0.717, 1.165) is 26.2 Å². The molecule has 0 atom stereocenters. The summed E-state index contributed by atoms with van der Waals surface area (Å²) in [5.74, 6) is -0.338. The van der Waals surface area contributed by atoms with Crippen LogP contribution in [0.25, 0.3) is 0 Å². The average Bonchev–Trinajstić information content (AvgIpc) is 3.07. The molecule has 6 heteroatoms. The lowest BCUT2D eigenvalue weighted by atomic mass is 10.2. The zero-order valence-corrected chi connectivity index (χ0v) is 12.4.